The first kappa shape index (κ1) is 25.4. The van der Waals surface area contributed by atoms with Crippen LogP contribution in [0.4, 0.5) is 4.39 Å². The van der Waals surface area contributed by atoms with Crippen molar-refractivity contribution in [3.63, 3.8) is 0 Å². The summed E-state index contributed by atoms with van der Waals surface area (Å²) in [6.45, 7) is 2.51. The number of nitrogens with zero attached hydrogens (tertiary/aromatic N) is 3. The highest BCUT2D eigenvalue weighted by molar-refractivity contribution is 7.98. The number of thioether (sulfide) groups is 1. The summed E-state index contributed by atoms with van der Waals surface area (Å²) in [7, 11) is 1.75. The van der Waals surface area contributed by atoms with Crippen LogP contribution in [-0.2, 0) is 12.3 Å². The van der Waals surface area contributed by atoms with Crippen LogP contribution in [0.15, 0.2) is 107 Å². The average molecular weight is 524 g/mol. The van der Waals surface area contributed by atoms with Gasteiger partial charge in [-0.1, -0.05) is 66.4 Å². The highest BCUT2D eigenvalue weighted by atomic mass is 32.2. The van der Waals surface area contributed by atoms with Crippen LogP contribution in [0.3, 0.4) is 0 Å². The third-order valence-electron chi connectivity index (χ3n) is 6.40. The van der Waals surface area contributed by atoms with Gasteiger partial charge in [0.05, 0.1) is 16.6 Å². The molecule has 0 aliphatic rings. The minimum atomic E-state index is -0.382. The summed E-state index contributed by atoms with van der Waals surface area (Å²) in [6, 6.07) is 28.6. The molecule has 0 N–H and O–H groups in total. The Morgan fingerprint density at radius 1 is 0.947 bits per heavy atom. The minimum absolute atomic E-state index is 0.158. The average Bonchev–Trinajstić information content (AvgIpc) is 2.93. The Bertz CT molecular complexity index is 1670. The smallest absolute Gasteiger partial charge is 0.266 e. The fraction of sp³-hybridized carbons (Fsp3) is 0.129. The number of hydrogen-bond acceptors (Lipinski definition) is 4. The highest BCUT2D eigenvalue weighted by Crippen LogP contribution is 2.26. The lowest BCUT2D eigenvalue weighted by molar-refractivity contribution is 0.0785. The molecule has 0 unspecified atom stereocenters. The standard InChI is InChI=1S/C31H26FN3O2S/c1-21-8-6-7-11-24(21)20-38-31-33-28-18-23(29(36)34(2)19-22-9-4-3-5-10-22)12-17-27(28)30(37)35(31)26-15-13-25(32)14-16-26/h3-18H,19-20H2,1-2H3. The van der Waals surface area contributed by atoms with E-state index < -0.39 is 0 Å². The van der Waals surface area contributed by atoms with Gasteiger partial charge in [-0.25, -0.2) is 9.37 Å². The van der Waals surface area contributed by atoms with Gasteiger partial charge in [0.25, 0.3) is 11.5 Å². The van der Waals surface area contributed by atoms with Crippen LogP contribution in [0.25, 0.3) is 16.6 Å². The molecule has 1 aromatic heterocycles. The van der Waals surface area contributed by atoms with Gasteiger partial charge in [0.2, 0.25) is 0 Å². The maximum atomic E-state index is 13.7. The van der Waals surface area contributed by atoms with Crippen molar-refractivity contribution in [3.05, 3.63) is 135 Å². The van der Waals surface area contributed by atoms with E-state index in [1.165, 1.54) is 28.5 Å². The SMILES string of the molecule is Cc1ccccc1CSc1nc2cc(C(=O)N(C)Cc3ccccc3)ccc2c(=O)n1-c1ccc(F)cc1. The Labute approximate surface area is 224 Å². The van der Waals surface area contributed by atoms with Crippen molar-refractivity contribution < 1.29 is 9.18 Å². The number of halogens is 1. The molecule has 38 heavy (non-hydrogen) atoms. The summed E-state index contributed by atoms with van der Waals surface area (Å²) >= 11 is 1.43. The molecule has 0 saturated heterocycles. The van der Waals surface area contributed by atoms with E-state index in [9.17, 15) is 14.0 Å². The van der Waals surface area contributed by atoms with Gasteiger partial charge in [-0.15, -0.1) is 0 Å². The Hall–Kier alpha value is -4.23. The molecule has 0 radical (unpaired) electrons. The number of amides is 1. The van der Waals surface area contributed by atoms with Crippen LogP contribution in [0.5, 0.6) is 0 Å². The van der Waals surface area contributed by atoms with Crippen molar-refractivity contribution in [2.45, 2.75) is 24.4 Å². The van der Waals surface area contributed by atoms with Crippen LogP contribution in [0.2, 0.25) is 0 Å². The molecule has 7 heteroatoms. The minimum Gasteiger partial charge on any atom is -0.337 e. The Kier molecular flexibility index (Phi) is 7.38. The molecule has 5 nitrogen and oxygen atoms in total. The quantitative estimate of drug-likeness (QED) is 0.183. The predicted molar refractivity (Wildman–Crippen MR) is 150 cm³/mol. The molecule has 1 amide bonds. The second-order valence-electron chi connectivity index (χ2n) is 9.11. The van der Waals surface area contributed by atoms with Crippen molar-refractivity contribution in [1.82, 2.24) is 14.5 Å². The van der Waals surface area contributed by atoms with E-state index in [2.05, 4.69) is 0 Å². The van der Waals surface area contributed by atoms with E-state index in [1.54, 1.807) is 42.3 Å². The number of hydrogen-bond donors (Lipinski definition) is 0. The van der Waals surface area contributed by atoms with E-state index >= 15 is 0 Å². The van der Waals surface area contributed by atoms with Crippen molar-refractivity contribution in [2.24, 2.45) is 0 Å². The number of carbonyl (C=O) groups excluding carboxylic acids is 1. The zero-order chi connectivity index (χ0) is 26.6. The molecule has 5 aromatic rings. The molecule has 1 heterocycles. The molecule has 0 aliphatic carbocycles. The Balaban J connectivity index is 1.55. The Morgan fingerprint density at radius 2 is 1.66 bits per heavy atom. The van der Waals surface area contributed by atoms with Crippen LogP contribution in [-0.4, -0.2) is 27.4 Å². The first-order chi connectivity index (χ1) is 18.4. The third-order valence-corrected chi connectivity index (χ3v) is 7.39. The normalized spacial score (nSPS) is 11.0. The lowest BCUT2D eigenvalue weighted by atomic mass is 10.1. The summed E-state index contributed by atoms with van der Waals surface area (Å²) < 4.78 is 15.2. The fourth-order valence-corrected chi connectivity index (χ4v) is 5.37. The van der Waals surface area contributed by atoms with Crippen LogP contribution >= 0.6 is 11.8 Å². The summed E-state index contributed by atoms with van der Waals surface area (Å²) in [5.41, 5.74) is 4.46. The largest absolute Gasteiger partial charge is 0.337 e. The van der Waals surface area contributed by atoms with Gasteiger partial charge < -0.3 is 4.90 Å². The highest BCUT2D eigenvalue weighted by Gasteiger charge is 2.18. The lowest BCUT2D eigenvalue weighted by Crippen LogP contribution is -2.26. The first-order valence-corrected chi connectivity index (χ1v) is 13.2. The number of rotatable bonds is 7. The maximum absolute atomic E-state index is 13.7. The van der Waals surface area contributed by atoms with Crippen molar-refractivity contribution in [1.29, 1.82) is 0 Å². The van der Waals surface area contributed by atoms with Crippen molar-refractivity contribution in [2.75, 3.05) is 7.05 Å². The van der Waals surface area contributed by atoms with E-state index in [-0.39, 0.29) is 17.3 Å². The lowest BCUT2D eigenvalue weighted by Gasteiger charge is -2.18. The molecule has 190 valence electrons. The monoisotopic (exact) mass is 523 g/mol. The summed E-state index contributed by atoms with van der Waals surface area (Å²) in [6.07, 6.45) is 0. The number of aryl methyl sites for hydroxylation is 1. The molecule has 0 spiro atoms. The summed E-state index contributed by atoms with van der Waals surface area (Å²) in [4.78, 5) is 33.4. The number of carbonyl (C=O) groups is 1. The van der Waals surface area contributed by atoms with Crippen LogP contribution in [0.1, 0.15) is 27.0 Å². The zero-order valence-corrected chi connectivity index (χ0v) is 21.9. The van der Waals surface area contributed by atoms with Gasteiger partial charge in [-0.05, 0) is 66.1 Å². The molecular weight excluding hydrogens is 497 g/mol. The third kappa shape index (κ3) is 5.38. The molecular formula is C31H26FN3O2S. The molecule has 0 fully saturated rings. The topological polar surface area (TPSA) is 55.2 Å². The van der Waals surface area contributed by atoms with Gasteiger partial charge in [0.1, 0.15) is 5.82 Å². The van der Waals surface area contributed by atoms with E-state index in [0.717, 1.165) is 16.7 Å². The van der Waals surface area contributed by atoms with Crippen molar-refractivity contribution in [3.8, 4) is 5.69 Å². The second kappa shape index (κ2) is 11.0. The molecule has 5 rings (SSSR count). The molecule has 0 atom stereocenters. The number of benzene rings is 4. The van der Waals surface area contributed by atoms with Gasteiger partial charge in [-0.3, -0.25) is 14.2 Å². The molecule has 0 aliphatic heterocycles. The first-order valence-electron chi connectivity index (χ1n) is 12.2. The zero-order valence-electron chi connectivity index (χ0n) is 21.1. The van der Waals surface area contributed by atoms with Crippen LogP contribution < -0.4 is 5.56 Å². The van der Waals surface area contributed by atoms with E-state index in [4.69, 9.17) is 4.98 Å². The van der Waals surface area contributed by atoms with Crippen molar-refractivity contribution >= 4 is 28.6 Å². The fourth-order valence-electron chi connectivity index (χ4n) is 4.28. The van der Waals surface area contributed by atoms with Gasteiger partial charge in [-0.2, -0.15) is 0 Å². The van der Waals surface area contributed by atoms with E-state index in [1.807, 2.05) is 61.5 Å². The second-order valence-corrected chi connectivity index (χ2v) is 10.0. The van der Waals surface area contributed by atoms with E-state index in [0.29, 0.717) is 39.6 Å². The number of fused-ring (bicyclic) bond motifs is 1. The molecule has 0 saturated carbocycles. The molecule has 4 aromatic carbocycles. The van der Waals surface area contributed by atoms with Gasteiger partial charge in [0, 0.05) is 24.9 Å². The maximum Gasteiger partial charge on any atom is 0.266 e. The molecule has 0 bridgehead atoms. The Morgan fingerprint density at radius 3 is 2.39 bits per heavy atom. The number of aromatic nitrogens is 2. The van der Waals surface area contributed by atoms with Gasteiger partial charge >= 0.3 is 0 Å². The van der Waals surface area contributed by atoms with Crippen LogP contribution in [0, 0.1) is 12.7 Å². The summed E-state index contributed by atoms with van der Waals surface area (Å²) in [5.74, 6) is 0.0615. The predicted octanol–water partition coefficient (Wildman–Crippen LogP) is 6.40. The van der Waals surface area contributed by atoms with Gasteiger partial charge in [0.15, 0.2) is 5.16 Å². The summed E-state index contributed by atoms with van der Waals surface area (Å²) in [5, 5.41) is 0.858.